The van der Waals surface area contributed by atoms with Gasteiger partial charge in [0.25, 0.3) is 23.6 Å². The van der Waals surface area contributed by atoms with Gasteiger partial charge in [0.15, 0.2) is 23.0 Å². The van der Waals surface area contributed by atoms with Crippen molar-refractivity contribution in [2.24, 2.45) is 0 Å². The van der Waals surface area contributed by atoms with Crippen LogP contribution in [0.4, 0.5) is 0 Å². The summed E-state index contributed by atoms with van der Waals surface area (Å²) < 4.78 is 32.8. The first-order chi connectivity index (χ1) is 31.0. The van der Waals surface area contributed by atoms with E-state index in [1.54, 1.807) is 48.5 Å². The molecule has 0 saturated carbocycles. The number of ether oxygens (including phenoxy) is 6. The molecule has 4 aromatic carbocycles. The summed E-state index contributed by atoms with van der Waals surface area (Å²) in [7, 11) is 8.97. The fourth-order valence-corrected chi connectivity index (χ4v) is 6.95. The van der Waals surface area contributed by atoms with E-state index in [2.05, 4.69) is 21.3 Å². The largest absolute Gasteiger partial charge is 0.493 e. The molecule has 0 aliphatic carbocycles. The maximum atomic E-state index is 14.0. The van der Waals surface area contributed by atoms with Crippen molar-refractivity contribution in [2.75, 3.05) is 69.0 Å². The van der Waals surface area contributed by atoms with Gasteiger partial charge in [-0.1, -0.05) is 25.7 Å². The van der Waals surface area contributed by atoms with Gasteiger partial charge in [-0.25, -0.2) is 0 Å². The molecule has 0 fully saturated rings. The van der Waals surface area contributed by atoms with Gasteiger partial charge in [-0.3, -0.25) is 19.2 Å². The molecule has 4 amide bonds. The second kappa shape index (κ2) is 26.2. The Morgan fingerprint density at radius 1 is 0.391 bits per heavy atom. The zero-order chi connectivity index (χ0) is 46.4. The molecule has 0 aromatic heterocycles. The van der Waals surface area contributed by atoms with E-state index in [9.17, 15) is 19.2 Å². The van der Waals surface area contributed by atoms with Gasteiger partial charge in [-0.05, 0) is 109 Å². The average Bonchev–Trinajstić information content (AvgIpc) is 3.33. The first-order valence-electron chi connectivity index (χ1n) is 21.3. The summed E-state index contributed by atoms with van der Waals surface area (Å²) in [5.41, 5.74) is 2.82. The number of carbonyl (C=O) groups excluding carboxylic acids is 4. The van der Waals surface area contributed by atoms with Crippen molar-refractivity contribution in [2.45, 2.75) is 64.5 Å². The lowest BCUT2D eigenvalue weighted by Gasteiger charge is -2.16. The van der Waals surface area contributed by atoms with Crippen LogP contribution in [0.5, 0.6) is 34.5 Å². The average molecular weight is 887 g/mol. The van der Waals surface area contributed by atoms with Crippen molar-refractivity contribution in [3.63, 3.8) is 0 Å². The first-order valence-corrected chi connectivity index (χ1v) is 21.3. The monoisotopic (exact) mass is 886 g/mol. The minimum absolute atomic E-state index is 0.0580. The summed E-state index contributed by atoms with van der Waals surface area (Å²) in [6.45, 7) is 1.12. The Hall–Kier alpha value is -6.52. The molecule has 0 spiro atoms. The predicted octanol–water partition coefficient (Wildman–Crippen LogP) is 5.83. The molecule has 16 heteroatoms. The van der Waals surface area contributed by atoms with Crippen molar-refractivity contribution < 1.29 is 57.8 Å². The number of amides is 4. The summed E-state index contributed by atoms with van der Waals surface area (Å²) in [6, 6.07) is 16.3. The molecule has 4 rings (SSSR count). The summed E-state index contributed by atoms with van der Waals surface area (Å²) in [4.78, 5) is 55.3. The SMILES string of the molecule is COc1cc(CNC(=O)c2cc(C(=O)NCc3cc(OC)c(OC)c(OC)c3)cc(-c3cc(C(=O)NCCCCCCO)cc(C(=O)NCCCCCCO)c3)c2)cc(OC)c1OC. The molecule has 0 unspecified atom stereocenters. The van der Waals surface area contributed by atoms with Gasteiger partial charge >= 0.3 is 0 Å². The number of aliphatic hydroxyl groups excluding tert-OH is 2. The molecule has 0 heterocycles. The van der Waals surface area contributed by atoms with E-state index in [1.807, 2.05) is 0 Å². The van der Waals surface area contributed by atoms with Crippen LogP contribution in [0.25, 0.3) is 11.1 Å². The molecular formula is C48H62N4O12. The Balaban J connectivity index is 1.74. The zero-order valence-electron chi connectivity index (χ0n) is 37.6. The molecule has 346 valence electrons. The highest BCUT2D eigenvalue weighted by Crippen LogP contribution is 2.39. The third-order valence-corrected chi connectivity index (χ3v) is 10.3. The Labute approximate surface area is 374 Å². The lowest BCUT2D eigenvalue weighted by atomic mass is 9.95. The standard InChI is InChI=1S/C48H62N4O12/c1-59-39-19-31(20-40(60-2)43(39)63-5)29-51-47(57)37-25-34(26-38(28-37)48(58)52-30-32-21-41(61-3)44(64-6)42(22-32)62-4)33-23-35(45(55)49-15-11-7-9-13-17-53)27-36(24-33)46(56)50-16-12-8-10-14-18-54/h19-28,53-54H,7-18,29-30H2,1-6H3,(H,49,55)(H,50,56)(H,51,57)(H,52,58). The fourth-order valence-electron chi connectivity index (χ4n) is 6.95. The third-order valence-electron chi connectivity index (χ3n) is 10.3. The number of hydrogen-bond acceptors (Lipinski definition) is 12. The molecule has 4 aromatic rings. The molecule has 0 aliphatic rings. The van der Waals surface area contributed by atoms with Crippen LogP contribution < -0.4 is 49.7 Å². The number of aliphatic hydroxyl groups is 2. The van der Waals surface area contributed by atoms with Crippen molar-refractivity contribution in [3.8, 4) is 45.6 Å². The van der Waals surface area contributed by atoms with Crippen LogP contribution in [0.3, 0.4) is 0 Å². The van der Waals surface area contributed by atoms with Gasteiger partial charge in [-0.2, -0.15) is 0 Å². The summed E-state index contributed by atoms with van der Waals surface area (Å²) in [5, 5.41) is 29.9. The van der Waals surface area contributed by atoms with Gasteiger partial charge in [0.1, 0.15) is 0 Å². The van der Waals surface area contributed by atoms with Crippen molar-refractivity contribution in [1.29, 1.82) is 0 Å². The normalized spacial score (nSPS) is 10.7. The molecule has 0 saturated heterocycles. The quantitative estimate of drug-likeness (QED) is 0.0391. The van der Waals surface area contributed by atoms with E-state index in [0.29, 0.717) is 95.5 Å². The number of nitrogens with one attached hydrogen (secondary N) is 4. The lowest BCUT2D eigenvalue weighted by molar-refractivity contribution is 0.0936. The molecule has 64 heavy (non-hydrogen) atoms. The van der Waals surface area contributed by atoms with Crippen LogP contribution in [0.15, 0.2) is 60.7 Å². The Kier molecular flexibility index (Phi) is 20.5. The highest BCUT2D eigenvalue weighted by Gasteiger charge is 2.20. The van der Waals surface area contributed by atoms with Crippen molar-refractivity contribution >= 4 is 23.6 Å². The van der Waals surface area contributed by atoms with Gasteiger partial charge in [0.2, 0.25) is 11.5 Å². The van der Waals surface area contributed by atoms with Crippen molar-refractivity contribution in [3.05, 3.63) is 94.0 Å². The second-order valence-corrected chi connectivity index (χ2v) is 14.8. The van der Waals surface area contributed by atoms with E-state index in [1.165, 1.54) is 54.8 Å². The van der Waals surface area contributed by atoms with Crippen LogP contribution in [-0.4, -0.2) is 103 Å². The topological polar surface area (TPSA) is 212 Å². The van der Waals surface area contributed by atoms with E-state index >= 15 is 0 Å². The Bertz CT molecular complexity index is 2000. The Morgan fingerprint density at radius 3 is 0.969 bits per heavy atom. The van der Waals surface area contributed by atoms with Crippen LogP contribution >= 0.6 is 0 Å². The summed E-state index contributed by atoms with van der Waals surface area (Å²) in [6.07, 6.45) is 6.09. The number of hydrogen-bond donors (Lipinski definition) is 6. The van der Waals surface area contributed by atoms with Crippen LogP contribution in [-0.2, 0) is 13.1 Å². The smallest absolute Gasteiger partial charge is 0.251 e. The van der Waals surface area contributed by atoms with E-state index < -0.39 is 23.6 Å². The van der Waals surface area contributed by atoms with E-state index in [0.717, 1.165) is 25.7 Å². The molecule has 0 radical (unpaired) electrons. The first kappa shape index (κ1) is 50.1. The highest BCUT2D eigenvalue weighted by atomic mass is 16.5. The molecule has 0 aliphatic heterocycles. The minimum Gasteiger partial charge on any atom is -0.493 e. The third kappa shape index (κ3) is 14.3. The van der Waals surface area contributed by atoms with Gasteiger partial charge in [0.05, 0.1) is 42.7 Å². The van der Waals surface area contributed by atoms with Gasteiger partial charge < -0.3 is 59.9 Å². The van der Waals surface area contributed by atoms with Crippen LogP contribution in [0, 0.1) is 0 Å². The molecule has 0 bridgehead atoms. The Morgan fingerprint density at radius 2 is 0.688 bits per heavy atom. The van der Waals surface area contributed by atoms with Crippen LogP contribution in [0.2, 0.25) is 0 Å². The number of benzene rings is 4. The number of methoxy groups -OCH3 is 6. The predicted molar refractivity (Wildman–Crippen MR) is 242 cm³/mol. The minimum atomic E-state index is -0.511. The summed E-state index contributed by atoms with van der Waals surface area (Å²) >= 11 is 0. The fraction of sp³-hybridized carbons (Fsp3) is 0.417. The zero-order valence-corrected chi connectivity index (χ0v) is 37.6. The molecule has 6 N–H and O–H groups in total. The maximum absolute atomic E-state index is 14.0. The van der Waals surface area contributed by atoms with Gasteiger partial charge in [-0.15, -0.1) is 0 Å². The van der Waals surface area contributed by atoms with Crippen molar-refractivity contribution in [1.82, 2.24) is 21.3 Å². The lowest BCUT2D eigenvalue weighted by Crippen LogP contribution is -2.27. The molecule has 16 nitrogen and oxygen atoms in total. The maximum Gasteiger partial charge on any atom is 0.251 e. The van der Waals surface area contributed by atoms with E-state index in [4.69, 9.17) is 38.6 Å². The molecular weight excluding hydrogens is 825 g/mol. The number of rotatable bonds is 27. The highest BCUT2D eigenvalue weighted by molar-refractivity contribution is 6.04. The number of carbonyl (C=O) groups is 4. The van der Waals surface area contributed by atoms with Gasteiger partial charge in [0, 0.05) is 61.6 Å². The van der Waals surface area contributed by atoms with Crippen LogP contribution in [0.1, 0.15) is 104 Å². The number of unbranched alkanes of at least 4 members (excludes halogenated alkanes) is 6. The van der Waals surface area contributed by atoms with E-state index in [-0.39, 0.29) is 48.6 Å². The molecule has 0 atom stereocenters. The summed E-state index contributed by atoms with van der Waals surface area (Å²) in [5.74, 6) is 0.613. The second-order valence-electron chi connectivity index (χ2n) is 14.8.